The maximum absolute atomic E-state index is 12.2. The number of aryl methyl sites for hydroxylation is 2. The van der Waals surface area contributed by atoms with Crippen LogP contribution in [-0.2, 0) is 21.3 Å². The predicted molar refractivity (Wildman–Crippen MR) is 188 cm³/mol. The number of nitrogens with zero attached hydrogens (tertiary/aromatic N) is 6. The number of tetrazole rings is 1. The van der Waals surface area contributed by atoms with Gasteiger partial charge in [0.15, 0.2) is 5.11 Å². The van der Waals surface area contributed by atoms with Gasteiger partial charge >= 0.3 is 0 Å². The van der Waals surface area contributed by atoms with Crippen LogP contribution in [0.5, 0.6) is 0 Å². The highest BCUT2D eigenvalue weighted by Gasteiger charge is 2.24. The van der Waals surface area contributed by atoms with E-state index in [0.29, 0.717) is 25.0 Å². The van der Waals surface area contributed by atoms with Crippen molar-refractivity contribution < 1.29 is 22.8 Å². The quantitative estimate of drug-likeness (QED) is 0.212. The maximum Gasteiger partial charge on any atom is 0.296 e. The molecular weight excluding hydrogens is 641 g/mol. The summed E-state index contributed by atoms with van der Waals surface area (Å²) in [7, 11) is 0.0179. The zero-order chi connectivity index (χ0) is 34.1. The highest BCUT2D eigenvalue weighted by atomic mass is 32.2. The molecule has 15 heteroatoms. The molecule has 0 amide bonds. The molecule has 0 bridgehead atoms. The third kappa shape index (κ3) is 13.5. The fourth-order valence-electron chi connectivity index (χ4n) is 6.13. The zero-order valence-corrected chi connectivity index (χ0v) is 30.0. The van der Waals surface area contributed by atoms with Gasteiger partial charge in [-0.3, -0.25) is 4.18 Å². The Morgan fingerprint density at radius 1 is 0.936 bits per heavy atom. The van der Waals surface area contributed by atoms with Crippen molar-refractivity contribution in [2.24, 2.45) is 24.8 Å². The molecule has 1 aromatic heterocycles. The van der Waals surface area contributed by atoms with E-state index in [9.17, 15) is 8.42 Å². The smallest absolute Gasteiger partial charge is 0.296 e. The van der Waals surface area contributed by atoms with Crippen LogP contribution in [0.3, 0.4) is 0 Å². The van der Waals surface area contributed by atoms with E-state index < -0.39 is 10.1 Å². The Morgan fingerprint density at radius 2 is 1.49 bits per heavy atom. The standard InChI is InChI=1S/C16H23N5O3S.C9H18N2OS.C7H15NO/c1-13-3-5-15(6-4-13)25(22,23)24-12-9-14-7-10-21(11-8-14)16-17-18-19-20(16)2;1-10-9(13)11-5-2-8(3-6-11)4-7-12;9-6-3-7-1-4-8-5-2-7/h3-6,14H,7-12H2,1-2H3;8,12H,2-7H2,1H3,(H,10,13);7-9H,1-6H2. The Labute approximate surface area is 286 Å². The summed E-state index contributed by atoms with van der Waals surface area (Å²) in [5.74, 6) is 2.71. The number of hydrogen-bond donors (Lipinski definition) is 4. The van der Waals surface area contributed by atoms with Crippen molar-refractivity contribution >= 4 is 33.4 Å². The summed E-state index contributed by atoms with van der Waals surface area (Å²) in [5.41, 5.74) is 1.02. The third-order valence-electron chi connectivity index (χ3n) is 9.22. The van der Waals surface area contributed by atoms with Crippen molar-refractivity contribution in [3.63, 3.8) is 0 Å². The highest BCUT2D eigenvalue weighted by Crippen LogP contribution is 2.24. The van der Waals surface area contributed by atoms with Crippen LogP contribution in [0.1, 0.15) is 63.4 Å². The van der Waals surface area contributed by atoms with Gasteiger partial charge in [-0.15, -0.1) is 0 Å². The molecule has 0 spiro atoms. The van der Waals surface area contributed by atoms with Gasteiger partial charge in [0.2, 0.25) is 5.95 Å². The van der Waals surface area contributed by atoms with Crippen LogP contribution in [-0.4, -0.2) is 115 Å². The average Bonchev–Trinajstić information content (AvgIpc) is 3.52. The van der Waals surface area contributed by atoms with Crippen LogP contribution >= 0.6 is 12.2 Å². The first-order valence-electron chi connectivity index (χ1n) is 17.0. The SMILES string of the molecule is CNC(=S)N1CCC(CCO)CC1.Cc1ccc(S(=O)(=O)OCCC2CCN(c3nnnn3C)CC2)cc1.OCCC1CCNCC1. The van der Waals surface area contributed by atoms with Crippen LogP contribution in [0.25, 0.3) is 0 Å². The molecule has 3 aliphatic rings. The Bertz CT molecular complexity index is 1260. The summed E-state index contributed by atoms with van der Waals surface area (Å²) in [6.07, 6.45) is 9.44. The van der Waals surface area contributed by atoms with E-state index >= 15 is 0 Å². The molecule has 3 aliphatic heterocycles. The van der Waals surface area contributed by atoms with Gasteiger partial charge < -0.3 is 30.6 Å². The predicted octanol–water partition coefficient (Wildman–Crippen LogP) is 2.48. The van der Waals surface area contributed by atoms with Crippen LogP contribution in [0.4, 0.5) is 5.95 Å². The summed E-state index contributed by atoms with van der Waals surface area (Å²) >= 11 is 5.14. The van der Waals surface area contributed by atoms with Gasteiger partial charge in [0, 0.05) is 53.5 Å². The second-order valence-corrected chi connectivity index (χ2v) is 14.6. The number of likely N-dealkylation sites (tertiary alicyclic amines) is 1. The van der Waals surface area contributed by atoms with Crippen molar-refractivity contribution in [3.05, 3.63) is 29.8 Å². The molecule has 1 aromatic carbocycles. The lowest BCUT2D eigenvalue weighted by molar-refractivity contribution is 0.203. The molecule has 2 aromatic rings. The monoisotopic (exact) mass is 696 g/mol. The van der Waals surface area contributed by atoms with E-state index in [2.05, 4.69) is 36.0 Å². The molecule has 4 N–H and O–H groups in total. The van der Waals surface area contributed by atoms with Gasteiger partial charge in [-0.1, -0.05) is 22.8 Å². The normalized spacial score (nSPS) is 18.1. The van der Waals surface area contributed by atoms with E-state index in [1.165, 1.54) is 12.8 Å². The number of aliphatic hydroxyl groups is 2. The molecule has 0 atom stereocenters. The van der Waals surface area contributed by atoms with Crippen molar-refractivity contribution in [2.45, 2.75) is 69.6 Å². The molecule has 0 saturated carbocycles. The Morgan fingerprint density at radius 3 is 2.02 bits per heavy atom. The van der Waals surface area contributed by atoms with Crippen molar-refractivity contribution in [3.8, 4) is 0 Å². The van der Waals surface area contributed by atoms with Crippen LogP contribution < -0.4 is 15.5 Å². The minimum atomic E-state index is -3.67. The molecule has 5 rings (SSSR count). The third-order valence-corrected chi connectivity index (χ3v) is 11.0. The van der Waals surface area contributed by atoms with E-state index in [1.54, 1.807) is 28.9 Å². The first kappa shape index (κ1) is 39.0. The molecule has 3 fully saturated rings. The summed E-state index contributed by atoms with van der Waals surface area (Å²) in [4.78, 5) is 4.56. The molecule has 47 heavy (non-hydrogen) atoms. The van der Waals surface area contributed by atoms with Crippen molar-refractivity contribution in [1.82, 2.24) is 35.7 Å². The molecule has 0 unspecified atom stereocenters. The van der Waals surface area contributed by atoms with Gasteiger partial charge in [0.25, 0.3) is 10.1 Å². The highest BCUT2D eigenvalue weighted by molar-refractivity contribution is 7.86. The summed E-state index contributed by atoms with van der Waals surface area (Å²) in [6.45, 7) is 8.90. The Hall–Kier alpha value is -2.43. The molecule has 0 radical (unpaired) electrons. The first-order chi connectivity index (χ1) is 22.7. The molecule has 13 nitrogen and oxygen atoms in total. The zero-order valence-electron chi connectivity index (χ0n) is 28.4. The largest absolute Gasteiger partial charge is 0.396 e. The van der Waals surface area contributed by atoms with E-state index in [-0.39, 0.29) is 11.5 Å². The Balaban J connectivity index is 0.000000226. The van der Waals surface area contributed by atoms with Gasteiger partial charge in [0.05, 0.1) is 11.5 Å². The number of benzene rings is 1. The summed E-state index contributed by atoms with van der Waals surface area (Å²) in [5, 5.41) is 36.0. The number of hydrogen-bond acceptors (Lipinski definition) is 11. The second-order valence-electron chi connectivity index (χ2n) is 12.6. The summed E-state index contributed by atoms with van der Waals surface area (Å²) < 4.78 is 31.2. The molecular formula is C32H56N8O5S2. The van der Waals surface area contributed by atoms with Crippen LogP contribution in [0.2, 0.25) is 0 Å². The number of thiocarbonyl (C=S) groups is 1. The Kier molecular flexibility index (Phi) is 17.3. The molecule has 0 aliphatic carbocycles. The van der Waals surface area contributed by atoms with Crippen LogP contribution in [0, 0.1) is 24.7 Å². The molecule has 3 saturated heterocycles. The van der Waals surface area contributed by atoms with Gasteiger partial charge in [-0.05, 0) is 130 Å². The van der Waals surface area contributed by atoms with E-state index in [4.69, 9.17) is 26.6 Å². The van der Waals surface area contributed by atoms with Gasteiger partial charge in [-0.2, -0.15) is 8.42 Å². The minimum Gasteiger partial charge on any atom is -0.396 e. The number of aromatic nitrogens is 4. The van der Waals surface area contributed by atoms with Gasteiger partial charge in [-0.25, -0.2) is 4.68 Å². The topological polar surface area (TPSA) is 158 Å². The van der Waals surface area contributed by atoms with E-state index in [0.717, 1.165) is 107 Å². The van der Waals surface area contributed by atoms with Crippen molar-refractivity contribution in [2.75, 3.05) is 71.0 Å². The number of nitrogens with one attached hydrogen (secondary N) is 2. The van der Waals surface area contributed by atoms with Gasteiger partial charge in [0.1, 0.15) is 0 Å². The van der Waals surface area contributed by atoms with Crippen LogP contribution in [0.15, 0.2) is 29.2 Å². The van der Waals surface area contributed by atoms with E-state index in [1.807, 2.05) is 21.0 Å². The second kappa shape index (κ2) is 20.8. The summed E-state index contributed by atoms with van der Waals surface area (Å²) in [6, 6.07) is 6.71. The minimum absolute atomic E-state index is 0.211. The fraction of sp³-hybridized carbons (Fsp3) is 0.750. The molecule has 266 valence electrons. The number of anilines is 1. The lowest BCUT2D eigenvalue weighted by Crippen LogP contribution is -2.43. The number of aliphatic hydroxyl groups excluding tert-OH is 2. The fourth-order valence-corrected chi connectivity index (χ4v) is 7.23. The number of piperidine rings is 3. The first-order valence-corrected chi connectivity index (χ1v) is 18.8. The maximum atomic E-state index is 12.2. The number of rotatable bonds is 10. The molecule has 4 heterocycles. The lowest BCUT2D eigenvalue weighted by atomic mass is 9.94. The lowest BCUT2D eigenvalue weighted by Gasteiger charge is -2.33. The van der Waals surface area contributed by atoms with Crippen molar-refractivity contribution in [1.29, 1.82) is 0 Å². The average molecular weight is 697 g/mol.